The van der Waals surface area contributed by atoms with E-state index in [1.807, 2.05) is 0 Å². The lowest BCUT2D eigenvalue weighted by molar-refractivity contribution is -0.134. The summed E-state index contributed by atoms with van der Waals surface area (Å²) in [6, 6.07) is 6.06. The SMILES string of the molecule is O=C(C1=CN2CCS(=O)(=O)N=C2C=C1)N1CCOC(c2ccc(F)cc2)C1. The molecule has 1 fully saturated rings. The van der Waals surface area contributed by atoms with Crippen LogP contribution in [0.3, 0.4) is 0 Å². The number of ether oxygens (including phenoxy) is 1. The number of hydrogen-bond acceptors (Lipinski definition) is 5. The Labute approximate surface area is 156 Å². The normalized spacial score (nSPS) is 24.1. The van der Waals surface area contributed by atoms with Crippen LogP contribution in [0.2, 0.25) is 0 Å². The zero-order valence-corrected chi connectivity index (χ0v) is 15.2. The third kappa shape index (κ3) is 3.79. The van der Waals surface area contributed by atoms with Crippen LogP contribution >= 0.6 is 0 Å². The van der Waals surface area contributed by atoms with Gasteiger partial charge in [-0.25, -0.2) is 12.8 Å². The van der Waals surface area contributed by atoms with Crippen LogP contribution in [0.4, 0.5) is 4.39 Å². The predicted octanol–water partition coefficient (Wildman–Crippen LogP) is 1.22. The standard InChI is InChI=1S/C18H18FN3O4S/c19-15-4-1-13(2-5-15)16-12-22(7-9-26-16)18(23)14-3-6-17-20-27(24,25)10-8-21(17)11-14/h1-6,11,16H,7-10,12H2. The van der Waals surface area contributed by atoms with Crippen molar-refractivity contribution >= 4 is 21.8 Å². The molecule has 1 amide bonds. The Morgan fingerprint density at radius 2 is 1.96 bits per heavy atom. The van der Waals surface area contributed by atoms with Crippen molar-refractivity contribution < 1.29 is 22.3 Å². The Morgan fingerprint density at radius 3 is 2.74 bits per heavy atom. The third-order valence-electron chi connectivity index (χ3n) is 4.67. The molecule has 142 valence electrons. The van der Waals surface area contributed by atoms with E-state index in [0.29, 0.717) is 31.1 Å². The maximum atomic E-state index is 13.1. The molecule has 3 heterocycles. The first-order valence-corrected chi connectivity index (χ1v) is 10.2. The van der Waals surface area contributed by atoms with Gasteiger partial charge < -0.3 is 14.5 Å². The van der Waals surface area contributed by atoms with E-state index in [9.17, 15) is 17.6 Å². The Balaban J connectivity index is 1.49. The highest BCUT2D eigenvalue weighted by Crippen LogP contribution is 2.24. The predicted molar refractivity (Wildman–Crippen MR) is 96.8 cm³/mol. The van der Waals surface area contributed by atoms with Crippen molar-refractivity contribution in [3.05, 3.63) is 59.6 Å². The van der Waals surface area contributed by atoms with Gasteiger partial charge in [0.25, 0.3) is 15.9 Å². The molecule has 9 heteroatoms. The second-order valence-electron chi connectivity index (χ2n) is 6.51. The summed E-state index contributed by atoms with van der Waals surface area (Å²) in [5, 5.41) is 0. The second kappa shape index (κ2) is 6.90. The van der Waals surface area contributed by atoms with Gasteiger partial charge >= 0.3 is 0 Å². The van der Waals surface area contributed by atoms with E-state index >= 15 is 0 Å². The Morgan fingerprint density at radius 1 is 1.19 bits per heavy atom. The Hall–Kier alpha value is -2.52. The number of nitrogens with zero attached hydrogens (tertiary/aromatic N) is 3. The lowest BCUT2D eigenvalue weighted by Crippen LogP contribution is -2.44. The maximum Gasteiger partial charge on any atom is 0.256 e. The molecule has 27 heavy (non-hydrogen) atoms. The summed E-state index contributed by atoms with van der Waals surface area (Å²) in [5.74, 6) is -0.230. The third-order valence-corrected chi connectivity index (χ3v) is 5.83. The molecular formula is C18H18FN3O4S. The van der Waals surface area contributed by atoms with E-state index in [4.69, 9.17) is 4.74 Å². The number of carbonyl (C=O) groups excluding carboxylic acids is 1. The largest absolute Gasteiger partial charge is 0.370 e. The molecule has 0 radical (unpaired) electrons. The first-order chi connectivity index (χ1) is 12.9. The van der Waals surface area contributed by atoms with Crippen LogP contribution in [0, 0.1) is 5.82 Å². The molecule has 0 bridgehead atoms. The number of hydrogen-bond donors (Lipinski definition) is 0. The van der Waals surface area contributed by atoms with Crippen molar-refractivity contribution in [2.75, 3.05) is 32.0 Å². The minimum absolute atomic E-state index is 0.0769. The van der Waals surface area contributed by atoms with Crippen molar-refractivity contribution in [2.24, 2.45) is 4.40 Å². The molecule has 0 saturated carbocycles. The summed E-state index contributed by atoms with van der Waals surface area (Å²) in [5.41, 5.74) is 1.28. The van der Waals surface area contributed by atoms with Gasteiger partial charge in [-0.1, -0.05) is 12.1 Å². The van der Waals surface area contributed by atoms with Gasteiger partial charge in [0.2, 0.25) is 0 Å². The van der Waals surface area contributed by atoms with Crippen LogP contribution in [0.5, 0.6) is 0 Å². The van der Waals surface area contributed by atoms with E-state index in [0.717, 1.165) is 5.56 Å². The van der Waals surface area contributed by atoms with Crippen molar-refractivity contribution in [1.82, 2.24) is 9.80 Å². The van der Waals surface area contributed by atoms with Crippen molar-refractivity contribution in [3.8, 4) is 0 Å². The highest BCUT2D eigenvalue weighted by atomic mass is 32.2. The number of morpholine rings is 1. The van der Waals surface area contributed by atoms with Crippen LogP contribution in [0.15, 0.2) is 52.6 Å². The molecule has 1 saturated heterocycles. The molecule has 7 nitrogen and oxygen atoms in total. The van der Waals surface area contributed by atoms with Crippen molar-refractivity contribution in [1.29, 1.82) is 0 Å². The molecule has 1 aromatic rings. The second-order valence-corrected chi connectivity index (χ2v) is 8.26. The van der Waals surface area contributed by atoms with E-state index < -0.39 is 10.0 Å². The number of sulfonamides is 1. The maximum absolute atomic E-state index is 13.1. The van der Waals surface area contributed by atoms with E-state index in [-0.39, 0.29) is 30.1 Å². The lowest BCUT2D eigenvalue weighted by Gasteiger charge is -2.34. The quantitative estimate of drug-likeness (QED) is 0.758. The molecule has 0 aliphatic carbocycles. The fraction of sp³-hybridized carbons (Fsp3) is 0.333. The van der Waals surface area contributed by atoms with Gasteiger partial charge in [-0.2, -0.15) is 0 Å². The molecule has 0 spiro atoms. The molecule has 3 aliphatic heterocycles. The minimum Gasteiger partial charge on any atom is -0.370 e. The molecular weight excluding hydrogens is 373 g/mol. The van der Waals surface area contributed by atoms with Crippen LogP contribution in [-0.2, 0) is 19.6 Å². The zero-order valence-electron chi connectivity index (χ0n) is 14.4. The Bertz CT molecular complexity index is 953. The number of benzene rings is 1. The Kier molecular flexibility index (Phi) is 4.56. The summed E-state index contributed by atoms with van der Waals surface area (Å²) in [6.07, 6.45) is 4.45. The van der Waals surface area contributed by atoms with Gasteiger partial charge in [0.05, 0.1) is 24.5 Å². The highest BCUT2D eigenvalue weighted by Gasteiger charge is 2.29. The van der Waals surface area contributed by atoms with Gasteiger partial charge in [-0.05, 0) is 29.8 Å². The molecule has 1 unspecified atom stereocenters. The van der Waals surface area contributed by atoms with Gasteiger partial charge in [-0.3, -0.25) is 4.79 Å². The molecule has 3 aliphatic rings. The van der Waals surface area contributed by atoms with Crippen LogP contribution in [0.25, 0.3) is 0 Å². The first-order valence-electron chi connectivity index (χ1n) is 8.57. The van der Waals surface area contributed by atoms with E-state index in [1.54, 1.807) is 40.3 Å². The molecule has 0 aromatic heterocycles. The molecule has 1 atom stereocenters. The summed E-state index contributed by atoms with van der Waals surface area (Å²) in [7, 11) is -3.43. The topological polar surface area (TPSA) is 79.3 Å². The van der Waals surface area contributed by atoms with Crippen molar-refractivity contribution in [3.63, 3.8) is 0 Å². The molecule has 1 aromatic carbocycles. The average Bonchev–Trinajstić information content (AvgIpc) is 2.67. The van der Waals surface area contributed by atoms with Gasteiger partial charge in [0.15, 0.2) is 0 Å². The number of halogens is 1. The van der Waals surface area contributed by atoms with Gasteiger partial charge in [0.1, 0.15) is 17.8 Å². The molecule has 0 N–H and O–H groups in total. The van der Waals surface area contributed by atoms with Crippen LogP contribution in [-0.4, -0.2) is 62.0 Å². The monoisotopic (exact) mass is 391 g/mol. The summed E-state index contributed by atoms with van der Waals surface area (Å²) < 4.78 is 45.7. The van der Waals surface area contributed by atoms with Gasteiger partial charge in [-0.15, -0.1) is 4.40 Å². The number of carbonyl (C=O) groups is 1. The highest BCUT2D eigenvalue weighted by molar-refractivity contribution is 7.90. The summed E-state index contributed by atoms with van der Waals surface area (Å²) in [6.45, 7) is 1.48. The van der Waals surface area contributed by atoms with Crippen LogP contribution in [0.1, 0.15) is 11.7 Å². The fourth-order valence-electron chi connectivity index (χ4n) is 3.22. The lowest BCUT2D eigenvalue weighted by atomic mass is 10.1. The van der Waals surface area contributed by atoms with E-state index in [2.05, 4.69) is 4.40 Å². The summed E-state index contributed by atoms with van der Waals surface area (Å²) in [4.78, 5) is 16.3. The number of amidine groups is 1. The number of fused-ring (bicyclic) bond motifs is 1. The minimum atomic E-state index is -3.43. The van der Waals surface area contributed by atoms with E-state index in [1.165, 1.54) is 12.1 Å². The van der Waals surface area contributed by atoms with Gasteiger partial charge in [0, 0.05) is 19.3 Å². The zero-order chi connectivity index (χ0) is 19.0. The smallest absolute Gasteiger partial charge is 0.256 e. The fourth-order valence-corrected chi connectivity index (χ4v) is 4.19. The molecule has 4 rings (SSSR count). The number of rotatable bonds is 2. The number of amides is 1. The average molecular weight is 391 g/mol. The van der Waals surface area contributed by atoms with Crippen LogP contribution < -0.4 is 0 Å². The summed E-state index contributed by atoms with van der Waals surface area (Å²) >= 11 is 0. The first kappa shape index (κ1) is 17.9. The van der Waals surface area contributed by atoms with Crippen molar-refractivity contribution in [2.45, 2.75) is 6.10 Å².